The molecular weight excluding hydrogens is 330 g/mol. The molecule has 2 rings (SSSR count). The number of hydrogen-bond acceptors (Lipinski definition) is 4. The number of carbonyl (C=O) groups is 2. The Morgan fingerprint density at radius 1 is 1.00 bits per heavy atom. The number of hydrogen-bond donors (Lipinski definition) is 1. The van der Waals surface area contributed by atoms with Gasteiger partial charge in [-0.05, 0) is 55.5 Å². The van der Waals surface area contributed by atoms with Gasteiger partial charge in [0, 0.05) is 0 Å². The SMILES string of the molecule is COC(=O)C1(NC(=O)Cc2c(C)cc(OC)cc2C)CCCCCCC1. The summed E-state index contributed by atoms with van der Waals surface area (Å²) < 4.78 is 10.3. The first kappa shape index (κ1) is 20.3. The number of carbonyl (C=O) groups excluding carboxylic acids is 2. The van der Waals surface area contributed by atoms with Crippen LogP contribution >= 0.6 is 0 Å². The third-order valence-electron chi connectivity index (χ3n) is 5.40. The van der Waals surface area contributed by atoms with Gasteiger partial charge in [-0.2, -0.15) is 0 Å². The molecule has 1 fully saturated rings. The van der Waals surface area contributed by atoms with Crippen LogP contribution in [0.1, 0.15) is 61.6 Å². The molecule has 1 saturated carbocycles. The van der Waals surface area contributed by atoms with Crippen molar-refractivity contribution in [1.82, 2.24) is 5.32 Å². The monoisotopic (exact) mass is 361 g/mol. The van der Waals surface area contributed by atoms with Gasteiger partial charge in [0.15, 0.2) is 0 Å². The van der Waals surface area contributed by atoms with E-state index in [1.165, 1.54) is 13.5 Å². The molecule has 0 unspecified atom stereocenters. The van der Waals surface area contributed by atoms with Crippen molar-refractivity contribution in [2.75, 3.05) is 14.2 Å². The van der Waals surface area contributed by atoms with E-state index in [0.717, 1.165) is 48.1 Å². The molecule has 1 aliphatic carbocycles. The summed E-state index contributed by atoms with van der Waals surface area (Å²) in [7, 11) is 3.03. The second-order valence-electron chi connectivity index (χ2n) is 7.31. The van der Waals surface area contributed by atoms with Crippen molar-refractivity contribution in [2.24, 2.45) is 0 Å². The second-order valence-corrected chi connectivity index (χ2v) is 7.31. The number of benzene rings is 1. The highest BCUT2D eigenvalue weighted by Gasteiger charge is 2.40. The van der Waals surface area contributed by atoms with Crippen LogP contribution in [0.25, 0.3) is 0 Å². The van der Waals surface area contributed by atoms with Crippen molar-refractivity contribution >= 4 is 11.9 Å². The van der Waals surface area contributed by atoms with E-state index in [1.54, 1.807) is 7.11 Å². The van der Waals surface area contributed by atoms with Crippen LogP contribution in [-0.4, -0.2) is 31.6 Å². The molecule has 0 heterocycles. The summed E-state index contributed by atoms with van der Waals surface area (Å²) in [6.07, 6.45) is 6.76. The predicted octanol–water partition coefficient (Wildman–Crippen LogP) is 3.63. The molecule has 0 atom stereocenters. The largest absolute Gasteiger partial charge is 0.497 e. The molecule has 1 amide bonds. The first-order chi connectivity index (χ1) is 12.4. The summed E-state index contributed by atoms with van der Waals surface area (Å²) in [5.74, 6) is 0.332. The molecular formula is C21H31NO4. The first-order valence-electron chi connectivity index (χ1n) is 9.45. The molecule has 0 aromatic heterocycles. The van der Waals surface area contributed by atoms with Gasteiger partial charge in [-0.15, -0.1) is 0 Å². The predicted molar refractivity (Wildman–Crippen MR) is 101 cm³/mol. The fourth-order valence-electron chi connectivity index (χ4n) is 3.91. The average Bonchev–Trinajstić information content (AvgIpc) is 2.59. The first-order valence-corrected chi connectivity index (χ1v) is 9.45. The third kappa shape index (κ3) is 4.77. The lowest BCUT2D eigenvalue weighted by Crippen LogP contribution is -2.55. The molecule has 5 nitrogen and oxygen atoms in total. The number of methoxy groups -OCH3 is 2. The van der Waals surface area contributed by atoms with E-state index in [0.29, 0.717) is 12.8 Å². The van der Waals surface area contributed by atoms with Crippen LogP contribution in [0.5, 0.6) is 5.75 Å². The van der Waals surface area contributed by atoms with Gasteiger partial charge >= 0.3 is 5.97 Å². The molecule has 1 aromatic rings. The van der Waals surface area contributed by atoms with E-state index in [9.17, 15) is 9.59 Å². The van der Waals surface area contributed by atoms with Gasteiger partial charge in [-0.25, -0.2) is 4.79 Å². The maximum absolute atomic E-state index is 12.8. The normalized spacial score (nSPS) is 16.9. The minimum absolute atomic E-state index is 0.132. The van der Waals surface area contributed by atoms with Crippen LogP contribution in [0.3, 0.4) is 0 Å². The lowest BCUT2D eigenvalue weighted by Gasteiger charge is -2.33. The van der Waals surface area contributed by atoms with Gasteiger partial charge in [0.2, 0.25) is 5.91 Å². The summed E-state index contributed by atoms with van der Waals surface area (Å²) in [4.78, 5) is 25.3. The quantitative estimate of drug-likeness (QED) is 0.814. The van der Waals surface area contributed by atoms with Gasteiger partial charge in [0.05, 0.1) is 20.6 Å². The summed E-state index contributed by atoms with van der Waals surface area (Å²) in [5, 5.41) is 3.04. The number of nitrogens with one attached hydrogen (secondary N) is 1. The standard InChI is InChI=1S/C21H31NO4/c1-15-12-17(25-3)13-16(2)18(15)14-19(23)22-21(20(24)26-4)10-8-6-5-7-9-11-21/h12-13H,5-11,14H2,1-4H3,(H,22,23). The Balaban J connectivity index is 2.18. The van der Waals surface area contributed by atoms with E-state index in [-0.39, 0.29) is 18.3 Å². The maximum Gasteiger partial charge on any atom is 0.331 e. The van der Waals surface area contributed by atoms with Crippen LogP contribution in [0.2, 0.25) is 0 Å². The Morgan fingerprint density at radius 3 is 2.04 bits per heavy atom. The highest BCUT2D eigenvalue weighted by atomic mass is 16.5. The van der Waals surface area contributed by atoms with Gasteiger partial charge in [0.25, 0.3) is 0 Å². The summed E-state index contributed by atoms with van der Waals surface area (Å²) >= 11 is 0. The number of rotatable bonds is 5. The van der Waals surface area contributed by atoms with Gasteiger partial charge in [-0.1, -0.05) is 32.1 Å². The Hall–Kier alpha value is -2.04. The van der Waals surface area contributed by atoms with Crippen LogP contribution < -0.4 is 10.1 Å². The molecule has 144 valence electrons. The van der Waals surface area contributed by atoms with Crippen LogP contribution in [0.15, 0.2) is 12.1 Å². The van der Waals surface area contributed by atoms with E-state index in [2.05, 4.69) is 5.32 Å². The van der Waals surface area contributed by atoms with Gasteiger partial charge in [-0.3, -0.25) is 4.79 Å². The molecule has 1 aliphatic rings. The van der Waals surface area contributed by atoms with Crippen LogP contribution in [0, 0.1) is 13.8 Å². The van der Waals surface area contributed by atoms with E-state index in [4.69, 9.17) is 9.47 Å². The van der Waals surface area contributed by atoms with Crippen LogP contribution in [-0.2, 0) is 20.7 Å². The van der Waals surface area contributed by atoms with Crippen molar-refractivity contribution in [3.05, 3.63) is 28.8 Å². The maximum atomic E-state index is 12.8. The molecule has 0 bridgehead atoms. The lowest BCUT2D eigenvalue weighted by atomic mass is 9.83. The van der Waals surface area contributed by atoms with Crippen molar-refractivity contribution in [3.63, 3.8) is 0 Å². The Labute approximate surface area is 156 Å². The lowest BCUT2D eigenvalue weighted by molar-refractivity contribution is -0.152. The number of esters is 1. The summed E-state index contributed by atoms with van der Waals surface area (Å²) in [6.45, 7) is 3.95. The second kappa shape index (κ2) is 9.06. The highest BCUT2D eigenvalue weighted by molar-refractivity contribution is 5.89. The molecule has 1 N–H and O–H groups in total. The molecule has 0 aliphatic heterocycles. The molecule has 0 radical (unpaired) electrons. The third-order valence-corrected chi connectivity index (χ3v) is 5.40. The fourth-order valence-corrected chi connectivity index (χ4v) is 3.91. The van der Waals surface area contributed by atoms with Crippen molar-refractivity contribution in [3.8, 4) is 5.75 Å². The average molecular weight is 361 g/mol. The number of aryl methyl sites for hydroxylation is 2. The van der Waals surface area contributed by atoms with Crippen molar-refractivity contribution < 1.29 is 19.1 Å². The van der Waals surface area contributed by atoms with E-state index >= 15 is 0 Å². The van der Waals surface area contributed by atoms with E-state index in [1.807, 2.05) is 26.0 Å². The Bertz CT molecular complexity index is 622. The van der Waals surface area contributed by atoms with Crippen molar-refractivity contribution in [1.29, 1.82) is 0 Å². The smallest absolute Gasteiger partial charge is 0.331 e. The minimum atomic E-state index is -0.888. The molecule has 1 aromatic carbocycles. The number of ether oxygens (including phenoxy) is 2. The zero-order valence-corrected chi connectivity index (χ0v) is 16.4. The van der Waals surface area contributed by atoms with Gasteiger partial charge < -0.3 is 14.8 Å². The van der Waals surface area contributed by atoms with Gasteiger partial charge in [0.1, 0.15) is 11.3 Å². The summed E-state index contributed by atoms with van der Waals surface area (Å²) in [6, 6.07) is 3.86. The van der Waals surface area contributed by atoms with E-state index < -0.39 is 5.54 Å². The molecule has 26 heavy (non-hydrogen) atoms. The van der Waals surface area contributed by atoms with Crippen molar-refractivity contribution in [2.45, 2.75) is 70.8 Å². The zero-order valence-electron chi connectivity index (χ0n) is 16.4. The topological polar surface area (TPSA) is 64.6 Å². The van der Waals surface area contributed by atoms with Crippen LogP contribution in [0.4, 0.5) is 0 Å². The fraction of sp³-hybridized carbons (Fsp3) is 0.619. The molecule has 0 spiro atoms. The Kier molecular flexibility index (Phi) is 7.06. The summed E-state index contributed by atoms with van der Waals surface area (Å²) in [5.41, 5.74) is 2.12. The minimum Gasteiger partial charge on any atom is -0.497 e. The number of amides is 1. The Morgan fingerprint density at radius 2 is 1.54 bits per heavy atom. The molecule has 0 saturated heterocycles. The molecule has 5 heteroatoms. The highest BCUT2D eigenvalue weighted by Crippen LogP contribution is 2.28. The zero-order chi connectivity index (χ0) is 19.2.